The first kappa shape index (κ1) is 10.6. The highest BCUT2D eigenvalue weighted by Gasteiger charge is 2.42. The molecule has 0 aromatic carbocycles. The summed E-state index contributed by atoms with van der Waals surface area (Å²) in [7, 11) is 3.63. The third-order valence-electron chi connectivity index (χ3n) is 3.49. The summed E-state index contributed by atoms with van der Waals surface area (Å²) in [5.41, 5.74) is 6.06. The van der Waals surface area contributed by atoms with Crippen LogP contribution < -0.4 is 5.73 Å². The van der Waals surface area contributed by atoms with Crippen LogP contribution in [0.25, 0.3) is 0 Å². The number of hydrogen-bond donors (Lipinski definition) is 1. The van der Waals surface area contributed by atoms with Crippen LogP contribution in [0.1, 0.15) is 25.1 Å². The molecule has 0 aliphatic heterocycles. The lowest BCUT2D eigenvalue weighted by Crippen LogP contribution is -2.55. The van der Waals surface area contributed by atoms with Crippen molar-refractivity contribution in [1.82, 2.24) is 14.8 Å². The average molecular weight is 210 g/mol. The van der Waals surface area contributed by atoms with Crippen molar-refractivity contribution in [3.05, 3.63) is 12.2 Å². The van der Waals surface area contributed by atoms with Gasteiger partial charge < -0.3 is 10.5 Å². The second kappa shape index (κ2) is 3.90. The van der Waals surface area contributed by atoms with Crippen molar-refractivity contribution in [2.75, 3.05) is 7.11 Å². The van der Waals surface area contributed by atoms with Crippen LogP contribution in [0.3, 0.4) is 0 Å². The van der Waals surface area contributed by atoms with Gasteiger partial charge in [0.05, 0.1) is 5.60 Å². The molecule has 1 heterocycles. The van der Waals surface area contributed by atoms with Crippen LogP contribution in [0.2, 0.25) is 0 Å². The van der Waals surface area contributed by atoms with Gasteiger partial charge in [-0.05, 0) is 19.3 Å². The van der Waals surface area contributed by atoms with E-state index in [0.717, 1.165) is 25.1 Å². The molecule has 1 saturated carbocycles. The minimum Gasteiger partial charge on any atom is -0.377 e. The Labute approximate surface area is 89.6 Å². The molecule has 0 spiro atoms. The minimum absolute atomic E-state index is 0.0131. The Bertz CT molecular complexity index is 326. The molecule has 0 amide bonds. The minimum atomic E-state index is -0.119. The van der Waals surface area contributed by atoms with E-state index in [-0.39, 0.29) is 11.6 Å². The lowest BCUT2D eigenvalue weighted by atomic mass is 9.73. The van der Waals surface area contributed by atoms with Crippen molar-refractivity contribution in [3.63, 3.8) is 0 Å². The lowest BCUT2D eigenvalue weighted by Gasteiger charge is -2.44. The molecule has 1 atom stereocenters. The van der Waals surface area contributed by atoms with Gasteiger partial charge in [0, 0.05) is 26.6 Å². The fourth-order valence-corrected chi connectivity index (χ4v) is 2.14. The maximum atomic E-state index is 6.18. The summed E-state index contributed by atoms with van der Waals surface area (Å²) in [6.07, 6.45) is 5.61. The monoisotopic (exact) mass is 210 g/mol. The molecule has 1 aliphatic carbocycles. The van der Waals surface area contributed by atoms with Crippen molar-refractivity contribution < 1.29 is 4.74 Å². The van der Waals surface area contributed by atoms with Gasteiger partial charge in [-0.25, -0.2) is 4.98 Å². The molecular weight excluding hydrogens is 192 g/mol. The van der Waals surface area contributed by atoms with Gasteiger partial charge >= 0.3 is 0 Å². The fraction of sp³-hybridized carbons (Fsp3) is 0.800. The zero-order valence-electron chi connectivity index (χ0n) is 9.31. The van der Waals surface area contributed by atoms with Crippen molar-refractivity contribution in [3.8, 4) is 0 Å². The summed E-state index contributed by atoms with van der Waals surface area (Å²) in [6.45, 7) is 0. The summed E-state index contributed by atoms with van der Waals surface area (Å²) in [5, 5.41) is 4.03. The number of aryl methyl sites for hydroxylation is 1. The number of ether oxygens (including phenoxy) is 1. The molecule has 5 heteroatoms. The quantitative estimate of drug-likeness (QED) is 0.774. The van der Waals surface area contributed by atoms with Crippen LogP contribution in [0.5, 0.6) is 0 Å². The molecule has 15 heavy (non-hydrogen) atoms. The normalized spacial score (nSPS) is 21.0. The third-order valence-corrected chi connectivity index (χ3v) is 3.49. The molecule has 1 aliphatic rings. The molecular formula is C10H18N4O. The van der Waals surface area contributed by atoms with Crippen molar-refractivity contribution in [2.45, 2.75) is 37.3 Å². The van der Waals surface area contributed by atoms with Gasteiger partial charge in [0.25, 0.3) is 0 Å². The molecule has 5 nitrogen and oxygen atoms in total. The maximum absolute atomic E-state index is 6.18. The number of nitrogens with two attached hydrogens (primary N) is 1. The summed E-state index contributed by atoms with van der Waals surface area (Å²) < 4.78 is 7.31. The van der Waals surface area contributed by atoms with Crippen LogP contribution in [0.4, 0.5) is 0 Å². The molecule has 1 aromatic rings. The summed E-state index contributed by atoms with van der Waals surface area (Å²) in [6, 6.07) is 0.0131. The topological polar surface area (TPSA) is 66.0 Å². The van der Waals surface area contributed by atoms with Gasteiger partial charge in [-0.2, -0.15) is 5.10 Å². The summed E-state index contributed by atoms with van der Waals surface area (Å²) in [5.74, 6) is 0.922. The Kier molecular flexibility index (Phi) is 2.75. The van der Waals surface area contributed by atoms with E-state index in [1.807, 2.05) is 7.05 Å². The van der Waals surface area contributed by atoms with Gasteiger partial charge in [-0.15, -0.1) is 0 Å². The number of hydrogen-bond acceptors (Lipinski definition) is 4. The summed E-state index contributed by atoms with van der Waals surface area (Å²) in [4.78, 5) is 4.18. The van der Waals surface area contributed by atoms with Gasteiger partial charge in [-0.1, -0.05) is 0 Å². The fourth-order valence-electron chi connectivity index (χ4n) is 2.14. The van der Waals surface area contributed by atoms with Gasteiger partial charge in [0.2, 0.25) is 0 Å². The SMILES string of the molecule is COC1(C(N)Cc2ncnn2C)CCC1. The smallest absolute Gasteiger partial charge is 0.138 e. The van der Waals surface area contributed by atoms with E-state index in [4.69, 9.17) is 10.5 Å². The molecule has 0 bridgehead atoms. The average Bonchev–Trinajstić information content (AvgIpc) is 2.51. The second-order valence-corrected chi connectivity index (χ2v) is 4.23. The van der Waals surface area contributed by atoms with Crippen LogP contribution in [-0.2, 0) is 18.2 Å². The Hall–Kier alpha value is -0.940. The van der Waals surface area contributed by atoms with Crippen molar-refractivity contribution in [2.24, 2.45) is 12.8 Å². The van der Waals surface area contributed by atoms with Crippen LogP contribution in [-0.4, -0.2) is 33.5 Å². The number of rotatable bonds is 4. The highest BCUT2D eigenvalue weighted by molar-refractivity contribution is 5.02. The predicted octanol–water partition coefficient (Wildman–Crippen LogP) is 0.254. The predicted molar refractivity (Wildman–Crippen MR) is 56.3 cm³/mol. The van der Waals surface area contributed by atoms with Crippen LogP contribution in [0.15, 0.2) is 6.33 Å². The second-order valence-electron chi connectivity index (χ2n) is 4.23. The number of nitrogens with zero attached hydrogens (tertiary/aromatic N) is 3. The largest absolute Gasteiger partial charge is 0.377 e. The maximum Gasteiger partial charge on any atom is 0.138 e. The highest BCUT2D eigenvalue weighted by Crippen LogP contribution is 2.38. The molecule has 84 valence electrons. The summed E-state index contributed by atoms with van der Waals surface area (Å²) >= 11 is 0. The first-order valence-corrected chi connectivity index (χ1v) is 5.31. The van der Waals surface area contributed by atoms with Crippen LogP contribution in [0, 0.1) is 0 Å². The standard InChI is InChI=1S/C10H18N4O/c1-14-9(12-7-13-14)6-8(11)10(15-2)4-3-5-10/h7-8H,3-6,11H2,1-2H3. The van der Waals surface area contributed by atoms with Gasteiger partial charge in [-0.3, -0.25) is 4.68 Å². The van der Waals surface area contributed by atoms with E-state index in [0.29, 0.717) is 0 Å². The van der Waals surface area contributed by atoms with Crippen molar-refractivity contribution in [1.29, 1.82) is 0 Å². The van der Waals surface area contributed by atoms with Gasteiger partial charge in [0.15, 0.2) is 0 Å². The molecule has 2 N–H and O–H groups in total. The lowest BCUT2D eigenvalue weighted by molar-refractivity contribution is -0.0901. The third kappa shape index (κ3) is 1.77. The molecule has 1 unspecified atom stereocenters. The van der Waals surface area contributed by atoms with E-state index < -0.39 is 0 Å². The van der Waals surface area contributed by atoms with Crippen molar-refractivity contribution >= 4 is 0 Å². The van der Waals surface area contributed by atoms with E-state index in [2.05, 4.69) is 10.1 Å². The molecule has 1 aromatic heterocycles. The zero-order valence-corrected chi connectivity index (χ0v) is 9.31. The van der Waals surface area contributed by atoms with E-state index >= 15 is 0 Å². The highest BCUT2D eigenvalue weighted by atomic mass is 16.5. The van der Waals surface area contributed by atoms with Crippen LogP contribution >= 0.6 is 0 Å². The zero-order chi connectivity index (χ0) is 10.9. The van der Waals surface area contributed by atoms with Gasteiger partial charge in [0.1, 0.15) is 12.2 Å². The molecule has 0 saturated heterocycles. The van der Waals surface area contributed by atoms with E-state index in [1.165, 1.54) is 6.42 Å². The Morgan fingerprint density at radius 3 is 2.80 bits per heavy atom. The molecule has 2 rings (SSSR count). The Morgan fingerprint density at radius 2 is 2.40 bits per heavy atom. The first-order chi connectivity index (χ1) is 7.18. The number of aromatic nitrogens is 3. The first-order valence-electron chi connectivity index (χ1n) is 5.31. The van der Waals surface area contributed by atoms with E-state index in [1.54, 1.807) is 18.1 Å². The Balaban J connectivity index is 2.03. The van der Waals surface area contributed by atoms with E-state index in [9.17, 15) is 0 Å². The molecule has 0 radical (unpaired) electrons. The Morgan fingerprint density at radius 1 is 1.67 bits per heavy atom. The number of methoxy groups -OCH3 is 1. The molecule has 1 fully saturated rings.